The van der Waals surface area contributed by atoms with Crippen LogP contribution >= 0.6 is 0 Å². The lowest BCUT2D eigenvalue weighted by Crippen LogP contribution is -2.38. The summed E-state index contributed by atoms with van der Waals surface area (Å²) >= 11 is 0. The van der Waals surface area contributed by atoms with Crippen molar-refractivity contribution in [3.63, 3.8) is 0 Å². The number of carbonyl (C=O) groups excluding carboxylic acids is 2. The summed E-state index contributed by atoms with van der Waals surface area (Å²) in [5, 5.41) is 7.82. The van der Waals surface area contributed by atoms with E-state index < -0.39 is 0 Å². The van der Waals surface area contributed by atoms with Crippen LogP contribution in [0.4, 0.5) is 5.82 Å². The van der Waals surface area contributed by atoms with Gasteiger partial charge in [0, 0.05) is 24.6 Å². The molecule has 0 fully saturated rings. The summed E-state index contributed by atoms with van der Waals surface area (Å²) in [5.41, 5.74) is 4.88. The Morgan fingerprint density at radius 2 is 1.76 bits per heavy atom. The van der Waals surface area contributed by atoms with Crippen LogP contribution in [0, 0.1) is 13.8 Å². The van der Waals surface area contributed by atoms with E-state index in [1.807, 2.05) is 62.4 Å². The molecule has 6 nitrogen and oxygen atoms in total. The number of aromatic nitrogens is 2. The van der Waals surface area contributed by atoms with Gasteiger partial charge in [-0.25, -0.2) is 4.68 Å². The van der Waals surface area contributed by atoms with E-state index in [1.54, 1.807) is 9.58 Å². The van der Waals surface area contributed by atoms with Crippen LogP contribution in [0.2, 0.25) is 0 Å². The Labute approximate surface area is 196 Å². The third-order valence-electron chi connectivity index (χ3n) is 5.55. The molecule has 0 saturated heterocycles. The van der Waals surface area contributed by atoms with Gasteiger partial charge in [0.15, 0.2) is 0 Å². The number of anilines is 1. The first-order valence-corrected chi connectivity index (χ1v) is 11.7. The quantitative estimate of drug-likeness (QED) is 0.446. The van der Waals surface area contributed by atoms with Crippen LogP contribution < -0.4 is 5.32 Å². The Kier molecular flexibility index (Phi) is 8.41. The molecule has 174 valence electrons. The molecule has 2 aromatic carbocycles. The summed E-state index contributed by atoms with van der Waals surface area (Å²) in [6, 6.07) is 17.9. The number of nitrogens with one attached hydrogen (secondary N) is 1. The lowest BCUT2D eigenvalue weighted by molar-refractivity contribution is -0.134. The number of nitrogens with zero attached hydrogens (tertiary/aromatic N) is 3. The number of carbonyl (C=O) groups is 2. The number of amides is 2. The second-order valence-electron chi connectivity index (χ2n) is 8.45. The van der Waals surface area contributed by atoms with Crippen LogP contribution in [0.15, 0.2) is 54.6 Å². The van der Waals surface area contributed by atoms with Gasteiger partial charge in [-0.2, -0.15) is 5.10 Å². The third kappa shape index (κ3) is 6.31. The molecular weight excluding hydrogens is 412 g/mol. The van der Waals surface area contributed by atoms with Gasteiger partial charge >= 0.3 is 0 Å². The zero-order valence-corrected chi connectivity index (χ0v) is 20.1. The maximum Gasteiger partial charge on any atom is 0.245 e. The van der Waals surface area contributed by atoms with Gasteiger partial charge in [0.2, 0.25) is 11.8 Å². The van der Waals surface area contributed by atoms with E-state index in [0.29, 0.717) is 18.8 Å². The monoisotopic (exact) mass is 446 g/mol. The smallest absolute Gasteiger partial charge is 0.245 e. The Balaban J connectivity index is 1.89. The van der Waals surface area contributed by atoms with Crippen LogP contribution in [0.1, 0.15) is 50.7 Å². The minimum Gasteiger partial charge on any atom is -0.333 e. The van der Waals surface area contributed by atoms with Crippen LogP contribution in [-0.4, -0.2) is 39.6 Å². The lowest BCUT2D eigenvalue weighted by atomic mass is 10.1. The molecule has 0 bridgehead atoms. The average Bonchev–Trinajstić information content (AvgIpc) is 3.21. The van der Waals surface area contributed by atoms with Gasteiger partial charge in [-0.15, -0.1) is 0 Å². The summed E-state index contributed by atoms with van der Waals surface area (Å²) in [5.74, 6) is 0.392. The molecule has 3 rings (SSSR count). The minimum absolute atomic E-state index is 0.0294. The molecule has 0 spiro atoms. The summed E-state index contributed by atoms with van der Waals surface area (Å²) in [6.07, 6.45) is 3.07. The van der Waals surface area contributed by atoms with E-state index in [9.17, 15) is 9.59 Å². The second kappa shape index (κ2) is 11.5. The molecule has 0 atom stereocenters. The van der Waals surface area contributed by atoms with E-state index in [2.05, 4.69) is 25.2 Å². The van der Waals surface area contributed by atoms with Gasteiger partial charge in [0.1, 0.15) is 5.82 Å². The Bertz CT molecular complexity index is 1090. The predicted octanol–water partition coefficient (Wildman–Crippen LogP) is 5.52. The molecular formula is C27H34N4O2. The third-order valence-corrected chi connectivity index (χ3v) is 5.55. The lowest BCUT2D eigenvalue weighted by Gasteiger charge is -2.21. The largest absolute Gasteiger partial charge is 0.333 e. The number of rotatable bonds is 10. The van der Waals surface area contributed by atoms with Gasteiger partial charge in [0.05, 0.1) is 17.9 Å². The fraction of sp³-hybridized carbons (Fsp3) is 0.370. The van der Waals surface area contributed by atoms with E-state index in [0.717, 1.165) is 47.3 Å². The van der Waals surface area contributed by atoms with Crippen LogP contribution in [0.5, 0.6) is 0 Å². The molecule has 0 saturated carbocycles. The normalized spacial score (nSPS) is 10.8. The minimum atomic E-state index is -0.223. The Morgan fingerprint density at radius 3 is 2.42 bits per heavy atom. The number of hydrogen-bond acceptors (Lipinski definition) is 3. The maximum absolute atomic E-state index is 13.0. The topological polar surface area (TPSA) is 67.2 Å². The highest BCUT2D eigenvalue weighted by molar-refractivity contribution is 5.94. The van der Waals surface area contributed by atoms with Crippen molar-refractivity contribution >= 4 is 17.6 Å². The predicted molar refractivity (Wildman–Crippen MR) is 133 cm³/mol. The molecule has 0 aliphatic heterocycles. The average molecular weight is 447 g/mol. The van der Waals surface area contributed by atoms with Crippen molar-refractivity contribution in [1.29, 1.82) is 0 Å². The number of hydrogen-bond donors (Lipinski definition) is 1. The Morgan fingerprint density at radius 1 is 1.00 bits per heavy atom. The standard InChI is InChI=1S/C27H34N4O2/c1-5-7-13-27(33)30(16-6-2)19-26(32)28-25-18-23(22-11-9-8-10-12-22)29-31(25)24-15-14-20(3)17-21(24)4/h8-12,14-15,17-18H,5-7,13,16,19H2,1-4H3,(H,28,32). The number of aryl methyl sites for hydroxylation is 2. The van der Waals surface area contributed by atoms with Gasteiger partial charge in [-0.1, -0.05) is 68.3 Å². The molecule has 1 aromatic heterocycles. The molecule has 3 aromatic rings. The van der Waals surface area contributed by atoms with Gasteiger partial charge in [-0.3, -0.25) is 9.59 Å². The van der Waals surface area contributed by atoms with Crippen molar-refractivity contribution in [2.24, 2.45) is 0 Å². The van der Waals surface area contributed by atoms with E-state index in [1.165, 1.54) is 0 Å². The Hall–Kier alpha value is -3.41. The molecule has 0 radical (unpaired) electrons. The van der Waals surface area contributed by atoms with Crippen molar-refractivity contribution < 1.29 is 9.59 Å². The molecule has 1 N–H and O–H groups in total. The molecule has 0 aliphatic carbocycles. The van der Waals surface area contributed by atoms with E-state index >= 15 is 0 Å². The second-order valence-corrected chi connectivity index (χ2v) is 8.45. The summed E-state index contributed by atoms with van der Waals surface area (Å²) < 4.78 is 1.78. The van der Waals surface area contributed by atoms with Crippen LogP contribution in [0.3, 0.4) is 0 Å². The first kappa shape index (κ1) is 24.2. The van der Waals surface area contributed by atoms with Crippen LogP contribution in [-0.2, 0) is 9.59 Å². The molecule has 0 aliphatic rings. The van der Waals surface area contributed by atoms with Gasteiger partial charge in [-0.05, 0) is 38.3 Å². The summed E-state index contributed by atoms with van der Waals surface area (Å²) in [7, 11) is 0. The van der Waals surface area contributed by atoms with Gasteiger partial charge in [0.25, 0.3) is 0 Å². The SMILES string of the molecule is CCCCC(=O)N(CCC)CC(=O)Nc1cc(-c2ccccc2)nn1-c1ccc(C)cc1C. The number of unbranched alkanes of at least 4 members (excludes halogenated alkanes) is 1. The van der Waals surface area contributed by atoms with Crippen LogP contribution in [0.25, 0.3) is 16.9 Å². The summed E-state index contributed by atoms with van der Waals surface area (Å²) in [4.78, 5) is 27.2. The zero-order valence-electron chi connectivity index (χ0n) is 20.1. The summed E-state index contributed by atoms with van der Waals surface area (Å²) in [6.45, 7) is 8.77. The number of benzene rings is 2. The highest BCUT2D eigenvalue weighted by Gasteiger charge is 2.19. The van der Waals surface area contributed by atoms with E-state index in [-0.39, 0.29) is 18.4 Å². The van der Waals surface area contributed by atoms with Crippen molar-refractivity contribution in [2.75, 3.05) is 18.4 Å². The highest BCUT2D eigenvalue weighted by Crippen LogP contribution is 2.26. The highest BCUT2D eigenvalue weighted by atomic mass is 16.2. The fourth-order valence-corrected chi connectivity index (χ4v) is 3.85. The molecule has 0 unspecified atom stereocenters. The maximum atomic E-state index is 13.0. The molecule has 2 amide bonds. The first-order valence-electron chi connectivity index (χ1n) is 11.7. The van der Waals surface area contributed by atoms with Crippen molar-refractivity contribution in [3.8, 4) is 16.9 Å². The first-order chi connectivity index (χ1) is 15.9. The van der Waals surface area contributed by atoms with E-state index in [4.69, 9.17) is 5.10 Å². The fourth-order valence-electron chi connectivity index (χ4n) is 3.85. The van der Waals surface area contributed by atoms with Crippen molar-refractivity contribution in [3.05, 3.63) is 65.7 Å². The van der Waals surface area contributed by atoms with Crippen molar-refractivity contribution in [2.45, 2.75) is 53.4 Å². The van der Waals surface area contributed by atoms with Gasteiger partial charge < -0.3 is 10.2 Å². The molecule has 33 heavy (non-hydrogen) atoms. The molecule has 6 heteroatoms. The van der Waals surface area contributed by atoms with Crippen molar-refractivity contribution in [1.82, 2.24) is 14.7 Å². The molecule has 1 heterocycles. The zero-order chi connectivity index (χ0) is 23.8.